The second-order valence-corrected chi connectivity index (χ2v) is 9.91. The third kappa shape index (κ3) is 5.04. The first-order valence-corrected chi connectivity index (χ1v) is 12.4. The highest BCUT2D eigenvalue weighted by molar-refractivity contribution is 7.14. The lowest BCUT2D eigenvalue weighted by molar-refractivity contribution is -0.132. The number of para-hydroxylation sites is 1. The first-order chi connectivity index (χ1) is 16.9. The third-order valence-electron chi connectivity index (χ3n) is 6.24. The predicted molar refractivity (Wildman–Crippen MR) is 128 cm³/mol. The summed E-state index contributed by atoms with van der Waals surface area (Å²) in [5.74, 6) is -1.31. The summed E-state index contributed by atoms with van der Waals surface area (Å²) in [7, 11) is 0. The van der Waals surface area contributed by atoms with Gasteiger partial charge in [-0.25, -0.2) is 9.18 Å². The molecule has 0 saturated heterocycles. The second-order valence-electron chi connectivity index (χ2n) is 8.81. The number of hydrogen-bond donors (Lipinski definition) is 0. The van der Waals surface area contributed by atoms with Crippen molar-refractivity contribution in [2.75, 3.05) is 6.54 Å². The SMILES string of the molecule is CC(=O)Oc1ccccc1C(=O)Oc1cc2c(s1)CCN([C@H](C(=O)C1CC1)c1ccccc1F)C2. The Balaban J connectivity index is 1.35. The quantitative estimate of drug-likeness (QED) is 0.336. The van der Waals surface area contributed by atoms with Crippen molar-refractivity contribution < 1.29 is 28.2 Å². The maximum Gasteiger partial charge on any atom is 0.348 e. The van der Waals surface area contributed by atoms with E-state index in [1.165, 1.54) is 30.4 Å². The van der Waals surface area contributed by atoms with Gasteiger partial charge in [0, 0.05) is 36.4 Å². The Morgan fingerprint density at radius 2 is 1.80 bits per heavy atom. The molecule has 0 spiro atoms. The Labute approximate surface area is 206 Å². The normalized spacial score (nSPS) is 16.3. The largest absolute Gasteiger partial charge is 0.426 e. The number of Topliss-reactive ketones (excluding diaryl/α,β-unsaturated/α-hetero) is 1. The highest BCUT2D eigenvalue weighted by Crippen LogP contribution is 2.41. The smallest absolute Gasteiger partial charge is 0.348 e. The van der Waals surface area contributed by atoms with Crippen LogP contribution in [-0.2, 0) is 22.6 Å². The van der Waals surface area contributed by atoms with E-state index < -0.39 is 18.0 Å². The van der Waals surface area contributed by atoms with Gasteiger partial charge in [-0.1, -0.05) is 30.3 Å². The van der Waals surface area contributed by atoms with Crippen LogP contribution < -0.4 is 9.47 Å². The first-order valence-electron chi connectivity index (χ1n) is 11.5. The number of carbonyl (C=O) groups is 3. The van der Waals surface area contributed by atoms with Crippen LogP contribution in [0, 0.1) is 11.7 Å². The van der Waals surface area contributed by atoms with Crippen LogP contribution in [0.15, 0.2) is 54.6 Å². The molecule has 2 aromatic carbocycles. The second kappa shape index (κ2) is 9.71. The number of fused-ring (bicyclic) bond motifs is 1. The van der Waals surface area contributed by atoms with Crippen LogP contribution in [0.25, 0.3) is 0 Å². The molecule has 0 N–H and O–H groups in total. The average Bonchev–Trinajstić information content (AvgIpc) is 3.60. The molecule has 2 aliphatic rings. The van der Waals surface area contributed by atoms with E-state index in [1.54, 1.807) is 42.5 Å². The van der Waals surface area contributed by atoms with E-state index in [0.717, 1.165) is 23.3 Å². The molecule has 180 valence electrons. The minimum Gasteiger partial charge on any atom is -0.426 e. The summed E-state index contributed by atoms with van der Waals surface area (Å²) in [5.41, 5.74) is 1.53. The van der Waals surface area contributed by atoms with E-state index in [0.29, 0.717) is 30.1 Å². The van der Waals surface area contributed by atoms with Gasteiger partial charge in [0.05, 0.1) is 6.04 Å². The fourth-order valence-electron chi connectivity index (χ4n) is 4.44. The Morgan fingerprint density at radius 3 is 2.54 bits per heavy atom. The number of ketones is 1. The van der Waals surface area contributed by atoms with Crippen LogP contribution in [0.2, 0.25) is 0 Å². The number of halogens is 1. The molecule has 0 bridgehead atoms. The number of nitrogens with zero attached hydrogens (tertiary/aromatic N) is 1. The Kier molecular flexibility index (Phi) is 6.49. The molecule has 35 heavy (non-hydrogen) atoms. The van der Waals surface area contributed by atoms with Crippen molar-refractivity contribution in [1.82, 2.24) is 4.90 Å². The summed E-state index contributed by atoms with van der Waals surface area (Å²) in [5, 5.41) is 0.426. The molecule has 1 aromatic heterocycles. The average molecular weight is 494 g/mol. The topological polar surface area (TPSA) is 72.9 Å². The van der Waals surface area contributed by atoms with Crippen molar-refractivity contribution in [3.8, 4) is 10.8 Å². The number of rotatable bonds is 7. The molecule has 3 aromatic rings. The lowest BCUT2D eigenvalue weighted by atomic mass is 9.95. The molecular formula is C27H24FNO5S. The molecule has 0 amide bonds. The van der Waals surface area contributed by atoms with Crippen LogP contribution in [0.4, 0.5) is 4.39 Å². The van der Waals surface area contributed by atoms with Crippen molar-refractivity contribution in [2.24, 2.45) is 5.92 Å². The van der Waals surface area contributed by atoms with Gasteiger partial charge in [-0.15, -0.1) is 11.3 Å². The highest BCUT2D eigenvalue weighted by Gasteiger charge is 2.40. The minimum absolute atomic E-state index is 0.00252. The number of hydrogen-bond acceptors (Lipinski definition) is 7. The molecule has 0 unspecified atom stereocenters. The van der Waals surface area contributed by atoms with Crippen LogP contribution in [-0.4, -0.2) is 29.2 Å². The van der Waals surface area contributed by atoms with E-state index in [1.807, 2.05) is 4.90 Å². The Morgan fingerprint density at radius 1 is 1.06 bits per heavy atom. The van der Waals surface area contributed by atoms with Crippen molar-refractivity contribution >= 4 is 29.1 Å². The summed E-state index contributed by atoms with van der Waals surface area (Å²) < 4.78 is 25.4. The zero-order chi connectivity index (χ0) is 24.5. The van der Waals surface area contributed by atoms with E-state index in [2.05, 4.69) is 0 Å². The van der Waals surface area contributed by atoms with Gasteiger partial charge in [0.25, 0.3) is 0 Å². The first kappa shape index (κ1) is 23.4. The lowest BCUT2D eigenvalue weighted by Gasteiger charge is -2.34. The van der Waals surface area contributed by atoms with Crippen molar-refractivity contribution in [1.29, 1.82) is 0 Å². The fraction of sp³-hybridized carbons (Fsp3) is 0.296. The maximum absolute atomic E-state index is 14.7. The summed E-state index contributed by atoms with van der Waals surface area (Å²) in [6, 6.07) is 14.1. The minimum atomic E-state index is -0.627. The molecule has 8 heteroatoms. The number of benzene rings is 2. The molecule has 2 heterocycles. The molecule has 0 radical (unpaired) electrons. The maximum atomic E-state index is 14.7. The molecule has 1 aliphatic carbocycles. The molecule has 5 rings (SSSR count). The van der Waals surface area contributed by atoms with E-state index in [9.17, 15) is 18.8 Å². The van der Waals surface area contributed by atoms with Gasteiger partial charge in [0.1, 0.15) is 17.1 Å². The van der Waals surface area contributed by atoms with Gasteiger partial charge in [0.15, 0.2) is 10.8 Å². The van der Waals surface area contributed by atoms with Crippen molar-refractivity contribution in [2.45, 2.75) is 38.8 Å². The lowest BCUT2D eigenvalue weighted by Crippen LogP contribution is -2.38. The molecule has 6 nitrogen and oxygen atoms in total. The molecule has 1 fully saturated rings. The Bertz CT molecular complexity index is 1300. The predicted octanol–water partition coefficient (Wildman–Crippen LogP) is 5.11. The fourth-order valence-corrected chi connectivity index (χ4v) is 5.45. The zero-order valence-electron chi connectivity index (χ0n) is 19.2. The van der Waals surface area contributed by atoms with Gasteiger partial charge in [0.2, 0.25) is 0 Å². The molecule has 1 saturated carbocycles. The number of thiophene rings is 1. The molecular weight excluding hydrogens is 469 g/mol. The number of esters is 2. The molecule has 1 aliphatic heterocycles. The summed E-state index contributed by atoms with van der Waals surface area (Å²) in [4.78, 5) is 40.4. The summed E-state index contributed by atoms with van der Waals surface area (Å²) in [6.45, 7) is 2.34. The monoisotopic (exact) mass is 493 g/mol. The zero-order valence-corrected chi connectivity index (χ0v) is 20.0. The highest BCUT2D eigenvalue weighted by atomic mass is 32.1. The summed E-state index contributed by atoms with van der Waals surface area (Å²) in [6.07, 6.45) is 2.39. The standard InChI is InChI=1S/C27H24FNO5S/c1-16(30)33-22-9-5-3-7-20(22)27(32)34-24-14-18-15-29(13-12-23(18)35-24)25(26(31)17-10-11-17)19-6-2-4-8-21(19)28/h2-9,14,17,25H,10-13,15H2,1H3/t25-/m0/s1. The van der Waals surface area contributed by atoms with Crippen LogP contribution in [0.3, 0.4) is 0 Å². The van der Waals surface area contributed by atoms with Gasteiger partial charge >= 0.3 is 11.9 Å². The van der Waals surface area contributed by atoms with Crippen LogP contribution in [0.1, 0.15) is 52.2 Å². The Hall–Kier alpha value is -3.36. The van der Waals surface area contributed by atoms with Crippen LogP contribution in [0.5, 0.6) is 10.8 Å². The van der Waals surface area contributed by atoms with Crippen molar-refractivity contribution in [3.63, 3.8) is 0 Å². The van der Waals surface area contributed by atoms with Gasteiger partial charge in [-0.2, -0.15) is 0 Å². The third-order valence-corrected chi connectivity index (χ3v) is 7.36. The van der Waals surface area contributed by atoms with Gasteiger partial charge in [-0.05, 0) is 49.1 Å². The summed E-state index contributed by atoms with van der Waals surface area (Å²) >= 11 is 1.38. The number of carbonyl (C=O) groups excluding carboxylic acids is 3. The van der Waals surface area contributed by atoms with Gasteiger partial charge in [-0.3, -0.25) is 14.5 Å². The number of ether oxygens (including phenoxy) is 2. The van der Waals surface area contributed by atoms with E-state index in [-0.39, 0.29) is 28.8 Å². The van der Waals surface area contributed by atoms with E-state index in [4.69, 9.17) is 9.47 Å². The van der Waals surface area contributed by atoms with Crippen molar-refractivity contribution in [3.05, 3.63) is 82.0 Å². The van der Waals surface area contributed by atoms with Gasteiger partial charge < -0.3 is 9.47 Å². The molecule has 1 atom stereocenters. The van der Waals surface area contributed by atoms with Crippen LogP contribution >= 0.6 is 11.3 Å². The van der Waals surface area contributed by atoms with E-state index >= 15 is 0 Å².